The number of nitrogens with one attached hydrogen (secondary N) is 1. The van der Waals surface area contributed by atoms with E-state index in [1.165, 1.54) is 0 Å². The monoisotopic (exact) mass is 197 g/mol. The maximum atomic E-state index is 10.9. The first-order chi connectivity index (χ1) is 6.31. The standard InChI is InChI=1S/C8H7NO3S/c10-8-12-7-5(4-9-11)2-1-3-6(7)13-8/h1-3,9,11H,4H2. The van der Waals surface area contributed by atoms with Crippen molar-refractivity contribution < 1.29 is 9.62 Å². The van der Waals surface area contributed by atoms with Crippen molar-refractivity contribution in [3.05, 3.63) is 33.5 Å². The second-order valence-electron chi connectivity index (χ2n) is 2.53. The zero-order valence-electron chi connectivity index (χ0n) is 6.61. The smallest absolute Gasteiger partial charge is 0.396 e. The highest BCUT2D eigenvalue weighted by molar-refractivity contribution is 7.16. The summed E-state index contributed by atoms with van der Waals surface area (Å²) in [4.78, 5) is 10.6. The fourth-order valence-corrected chi connectivity index (χ4v) is 1.89. The molecule has 0 saturated carbocycles. The highest BCUT2D eigenvalue weighted by atomic mass is 32.1. The number of hydrogen-bond donors (Lipinski definition) is 2. The van der Waals surface area contributed by atoms with Gasteiger partial charge in [-0.05, 0) is 6.07 Å². The molecule has 0 atom stereocenters. The number of para-hydroxylation sites is 1. The Bertz CT molecular complexity index is 473. The number of hydrogen-bond acceptors (Lipinski definition) is 5. The van der Waals surface area contributed by atoms with E-state index in [1.807, 2.05) is 17.6 Å². The molecule has 2 aromatic rings. The zero-order valence-corrected chi connectivity index (χ0v) is 7.43. The van der Waals surface area contributed by atoms with Crippen LogP contribution in [0, 0.1) is 0 Å². The predicted molar refractivity (Wildman–Crippen MR) is 49.0 cm³/mol. The van der Waals surface area contributed by atoms with Gasteiger partial charge in [0.15, 0.2) is 5.58 Å². The third kappa shape index (κ3) is 1.49. The molecule has 0 fully saturated rings. The summed E-state index contributed by atoms with van der Waals surface area (Å²) in [6.07, 6.45) is 0. The van der Waals surface area contributed by atoms with E-state index in [9.17, 15) is 4.79 Å². The normalized spacial score (nSPS) is 10.8. The van der Waals surface area contributed by atoms with Crippen LogP contribution in [0.2, 0.25) is 0 Å². The molecule has 0 aliphatic rings. The van der Waals surface area contributed by atoms with Crippen LogP contribution in [-0.4, -0.2) is 5.21 Å². The highest BCUT2D eigenvalue weighted by Crippen LogP contribution is 2.20. The first kappa shape index (κ1) is 8.43. The van der Waals surface area contributed by atoms with Gasteiger partial charge in [0.05, 0.1) is 4.70 Å². The van der Waals surface area contributed by atoms with E-state index in [1.54, 1.807) is 6.07 Å². The summed E-state index contributed by atoms with van der Waals surface area (Å²) in [5, 5.41) is 8.52. The minimum absolute atomic E-state index is 0.275. The van der Waals surface area contributed by atoms with Crippen LogP contribution in [0.25, 0.3) is 10.3 Å². The molecule has 2 rings (SSSR count). The van der Waals surface area contributed by atoms with Gasteiger partial charge in [0.1, 0.15) is 0 Å². The Morgan fingerprint density at radius 1 is 1.54 bits per heavy atom. The second kappa shape index (κ2) is 3.29. The van der Waals surface area contributed by atoms with Gasteiger partial charge in [-0.3, -0.25) is 0 Å². The Hall–Kier alpha value is -1.17. The minimum Gasteiger partial charge on any atom is -0.414 e. The summed E-state index contributed by atoms with van der Waals surface area (Å²) in [5.41, 5.74) is 3.36. The molecular weight excluding hydrogens is 190 g/mol. The maximum Gasteiger partial charge on any atom is 0.396 e. The first-order valence-corrected chi connectivity index (χ1v) is 4.51. The summed E-state index contributed by atoms with van der Waals surface area (Å²) in [7, 11) is 0. The molecule has 0 saturated heterocycles. The summed E-state index contributed by atoms with van der Waals surface area (Å²) in [6.45, 7) is 0.275. The van der Waals surface area contributed by atoms with Crippen LogP contribution >= 0.6 is 11.3 Å². The molecule has 0 aliphatic heterocycles. The largest absolute Gasteiger partial charge is 0.414 e. The molecule has 0 amide bonds. The van der Waals surface area contributed by atoms with Gasteiger partial charge in [-0.2, -0.15) is 0 Å². The van der Waals surface area contributed by atoms with Crippen molar-refractivity contribution in [1.29, 1.82) is 0 Å². The van der Waals surface area contributed by atoms with E-state index in [-0.39, 0.29) is 11.5 Å². The summed E-state index contributed by atoms with van der Waals surface area (Å²) in [5.74, 6) is 0. The third-order valence-corrected chi connectivity index (χ3v) is 2.50. The Morgan fingerprint density at radius 3 is 3.15 bits per heavy atom. The van der Waals surface area contributed by atoms with Gasteiger partial charge >= 0.3 is 4.94 Å². The lowest BCUT2D eigenvalue weighted by molar-refractivity contribution is 0.161. The summed E-state index contributed by atoms with van der Waals surface area (Å²) < 4.78 is 5.77. The van der Waals surface area contributed by atoms with Crippen LogP contribution in [0.5, 0.6) is 0 Å². The first-order valence-electron chi connectivity index (χ1n) is 3.70. The lowest BCUT2D eigenvalue weighted by atomic mass is 10.2. The van der Waals surface area contributed by atoms with Gasteiger partial charge in [-0.15, -0.1) is 0 Å². The van der Waals surface area contributed by atoms with E-state index >= 15 is 0 Å². The van der Waals surface area contributed by atoms with Crippen LogP contribution in [0.15, 0.2) is 27.4 Å². The van der Waals surface area contributed by atoms with E-state index < -0.39 is 0 Å². The topological polar surface area (TPSA) is 62.5 Å². The van der Waals surface area contributed by atoms with Crippen LogP contribution in [0.4, 0.5) is 0 Å². The molecule has 5 heteroatoms. The summed E-state index contributed by atoms with van der Waals surface area (Å²) >= 11 is 1.06. The summed E-state index contributed by atoms with van der Waals surface area (Å²) in [6, 6.07) is 5.42. The molecule has 1 heterocycles. The van der Waals surface area contributed by atoms with Crippen molar-refractivity contribution in [3.8, 4) is 0 Å². The van der Waals surface area contributed by atoms with E-state index in [0.29, 0.717) is 5.58 Å². The molecular formula is C8H7NO3S. The van der Waals surface area contributed by atoms with Gasteiger partial charge in [0.2, 0.25) is 0 Å². The minimum atomic E-state index is -0.319. The molecule has 0 aliphatic carbocycles. The molecule has 68 valence electrons. The predicted octanol–water partition coefficient (Wildman–Crippen LogP) is 1.33. The fourth-order valence-electron chi connectivity index (χ4n) is 1.18. The Balaban J connectivity index is 2.67. The van der Waals surface area contributed by atoms with Crippen molar-refractivity contribution in [2.75, 3.05) is 0 Å². The van der Waals surface area contributed by atoms with Gasteiger partial charge in [0, 0.05) is 12.1 Å². The number of hydroxylamine groups is 1. The quantitative estimate of drug-likeness (QED) is 0.713. The molecule has 0 radical (unpaired) electrons. The van der Waals surface area contributed by atoms with Crippen molar-refractivity contribution in [3.63, 3.8) is 0 Å². The fraction of sp³-hybridized carbons (Fsp3) is 0.125. The Morgan fingerprint density at radius 2 is 2.38 bits per heavy atom. The van der Waals surface area contributed by atoms with Crippen molar-refractivity contribution in [1.82, 2.24) is 5.48 Å². The molecule has 13 heavy (non-hydrogen) atoms. The number of benzene rings is 1. The molecule has 1 aromatic heterocycles. The van der Waals surface area contributed by atoms with Crippen LogP contribution in [0.1, 0.15) is 5.56 Å². The van der Waals surface area contributed by atoms with Crippen LogP contribution < -0.4 is 10.4 Å². The average Bonchev–Trinajstić information content (AvgIpc) is 2.47. The molecule has 0 spiro atoms. The van der Waals surface area contributed by atoms with E-state index in [2.05, 4.69) is 0 Å². The Kier molecular flexibility index (Phi) is 2.13. The third-order valence-electron chi connectivity index (χ3n) is 1.71. The van der Waals surface area contributed by atoms with Crippen molar-refractivity contribution in [2.45, 2.75) is 6.54 Å². The zero-order chi connectivity index (χ0) is 9.26. The van der Waals surface area contributed by atoms with E-state index in [0.717, 1.165) is 21.6 Å². The maximum absolute atomic E-state index is 10.9. The van der Waals surface area contributed by atoms with Crippen LogP contribution in [-0.2, 0) is 6.54 Å². The SMILES string of the molecule is O=c1oc2c(CNO)cccc2s1. The molecule has 0 unspecified atom stereocenters. The lowest BCUT2D eigenvalue weighted by Crippen LogP contribution is -2.05. The number of rotatable bonds is 2. The van der Waals surface area contributed by atoms with Gasteiger partial charge < -0.3 is 9.62 Å². The second-order valence-corrected chi connectivity index (χ2v) is 3.51. The van der Waals surface area contributed by atoms with Gasteiger partial charge in [-0.25, -0.2) is 10.3 Å². The molecule has 4 nitrogen and oxygen atoms in total. The molecule has 2 N–H and O–H groups in total. The highest BCUT2D eigenvalue weighted by Gasteiger charge is 2.05. The van der Waals surface area contributed by atoms with E-state index in [4.69, 9.17) is 9.62 Å². The number of fused-ring (bicyclic) bond motifs is 1. The van der Waals surface area contributed by atoms with Crippen LogP contribution in [0.3, 0.4) is 0 Å². The molecule has 1 aromatic carbocycles. The average molecular weight is 197 g/mol. The van der Waals surface area contributed by atoms with Gasteiger partial charge in [-0.1, -0.05) is 23.5 Å². The van der Waals surface area contributed by atoms with Gasteiger partial charge in [0.25, 0.3) is 0 Å². The van der Waals surface area contributed by atoms with Crippen molar-refractivity contribution >= 4 is 21.6 Å². The Labute approximate surface area is 77.4 Å². The van der Waals surface area contributed by atoms with Crippen molar-refractivity contribution in [2.24, 2.45) is 0 Å². The molecule has 0 bridgehead atoms. The lowest BCUT2D eigenvalue weighted by Gasteiger charge is -1.97.